The lowest BCUT2D eigenvalue weighted by Gasteiger charge is -2.32. The van der Waals surface area contributed by atoms with Crippen molar-refractivity contribution in [3.63, 3.8) is 0 Å². The minimum atomic E-state index is -0.284. The molecule has 0 spiro atoms. The number of aromatic nitrogens is 5. The Bertz CT molecular complexity index is 1680. The summed E-state index contributed by atoms with van der Waals surface area (Å²) in [5, 5.41) is 15.2. The molecule has 1 aliphatic heterocycles. The number of amides is 2. The fraction of sp³-hybridized carbons (Fsp3) is 0.500. The van der Waals surface area contributed by atoms with Crippen LogP contribution in [0, 0.1) is 0 Å². The van der Waals surface area contributed by atoms with Gasteiger partial charge in [0.1, 0.15) is 23.5 Å². The number of carbonyl (C=O) groups excluding carboxylic acids is 1. The number of benzene rings is 1. The van der Waals surface area contributed by atoms with Gasteiger partial charge in [-0.25, -0.2) is 14.8 Å². The second-order valence-corrected chi connectivity index (χ2v) is 13.8. The summed E-state index contributed by atoms with van der Waals surface area (Å²) in [5.74, 6) is 3.09. The number of hydrogen-bond acceptors (Lipinski definition) is 7. The number of pyridine rings is 1. The van der Waals surface area contributed by atoms with Crippen LogP contribution in [0.5, 0.6) is 5.75 Å². The van der Waals surface area contributed by atoms with Gasteiger partial charge in [-0.3, -0.25) is 14.6 Å². The van der Waals surface area contributed by atoms with Crippen LogP contribution in [0.15, 0.2) is 48.7 Å². The molecule has 1 unspecified atom stereocenters. The first-order valence-corrected chi connectivity index (χ1v) is 15.7. The molecule has 2 N–H and O–H groups in total. The summed E-state index contributed by atoms with van der Waals surface area (Å²) in [6, 6.07) is 13.6. The van der Waals surface area contributed by atoms with E-state index in [2.05, 4.69) is 95.8 Å². The van der Waals surface area contributed by atoms with E-state index in [1.807, 2.05) is 36.5 Å². The Balaban J connectivity index is 1.20. The maximum Gasteiger partial charge on any atom is 0.320 e. The van der Waals surface area contributed by atoms with Crippen LogP contribution in [0.3, 0.4) is 0 Å². The smallest absolute Gasteiger partial charge is 0.320 e. The molecule has 3 aromatic heterocycles. The predicted octanol–water partition coefficient (Wildman–Crippen LogP) is 6.66. The van der Waals surface area contributed by atoms with E-state index in [-0.39, 0.29) is 35.0 Å². The maximum absolute atomic E-state index is 13.3. The molecule has 0 saturated carbocycles. The number of nitrogens with one attached hydrogen (secondary N) is 2. The number of carbonyl (C=O) groups is 1. The molecule has 3 atom stereocenters. The topological polar surface area (TPSA) is 110 Å². The largest absolute Gasteiger partial charge is 0.484 e. The fourth-order valence-corrected chi connectivity index (χ4v) is 6.36. The Morgan fingerprint density at radius 1 is 1.07 bits per heavy atom. The highest BCUT2D eigenvalue weighted by atomic mass is 16.5. The third-order valence-electron chi connectivity index (χ3n) is 9.15. The van der Waals surface area contributed by atoms with Gasteiger partial charge in [-0.1, -0.05) is 58.9 Å². The molecular weight excluding hydrogens is 552 g/mol. The molecule has 0 bridgehead atoms. The van der Waals surface area contributed by atoms with E-state index >= 15 is 0 Å². The van der Waals surface area contributed by atoms with Crippen molar-refractivity contribution in [2.45, 2.75) is 96.2 Å². The lowest BCUT2D eigenvalue weighted by atomic mass is 9.85. The van der Waals surface area contributed by atoms with Crippen LogP contribution in [-0.4, -0.2) is 49.1 Å². The molecular formula is C34H44N8O2. The second kappa shape index (κ2) is 11.5. The molecule has 1 saturated heterocycles. The molecule has 2 aliphatic rings. The van der Waals surface area contributed by atoms with E-state index in [4.69, 9.17) is 9.72 Å². The van der Waals surface area contributed by atoms with Crippen LogP contribution < -0.4 is 15.4 Å². The average Bonchev–Trinajstić information content (AvgIpc) is 3.56. The molecule has 4 aromatic rings. The Labute approximate surface area is 259 Å². The van der Waals surface area contributed by atoms with Crippen molar-refractivity contribution < 1.29 is 9.53 Å². The quantitative estimate of drug-likeness (QED) is 0.256. The summed E-state index contributed by atoms with van der Waals surface area (Å²) < 4.78 is 8.70. The lowest BCUT2D eigenvalue weighted by Crippen LogP contribution is -2.37. The lowest BCUT2D eigenvalue weighted by molar-refractivity contribution is 0.170. The van der Waals surface area contributed by atoms with Gasteiger partial charge in [-0.15, -0.1) is 10.2 Å². The standard InChI is InChI=1S/C34H44N8O2/c1-21(2)30-36-27(33(3,4)5)19-28(37-30)38-32(43)35-25-14-15-26(24-12-9-8-11-23(24)25)44-22-13-16-29-39-40-31(42(29)20-22)34(6)17-10-18-41(34)7/h8-9,11-13,16,19-21,25-26H,10,14-15,17-18H2,1-7H3,(H2,35,36,37,38,43)/t25-,26+,34?/m0/s1. The highest BCUT2D eigenvalue weighted by Crippen LogP contribution is 2.40. The molecule has 1 fully saturated rings. The third kappa shape index (κ3) is 5.75. The van der Waals surface area contributed by atoms with Crippen LogP contribution in [0.4, 0.5) is 10.6 Å². The van der Waals surface area contributed by atoms with E-state index < -0.39 is 0 Å². The van der Waals surface area contributed by atoms with Crippen molar-refractivity contribution >= 4 is 17.5 Å². The fourth-order valence-electron chi connectivity index (χ4n) is 6.36. The molecule has 44 heavy (non-hydrogen) atoms. The minimum absolute atomic E-state index is 0.140. The van der Waals surface area contributed by atoms with Gasteiger partial charge < -0.3 is 10.1 Å². The SMILES string of the molecule is CC(C)c1nc(NC(=O)N[C@H]2CC[C@@H](Oc3ccc4nnc(C5(C)CCCN5C)n4c3)c3ccccc32)cc(C(C)(C)C)n1. The highest BCUT2D eigenvalue weighted by Gasteiger charge is 2.40. The number of anilines is 1. The number of likely N-dealkylation sites (tertiary alicyclic amines) is 1. The van der Waals surface area contributed by atoms with Gasteiger partial charge in [0, 0.05) is 17.4 Å². The van der Waals surface area contributed by atoms with Crippen molar-refractivity contribution in [1.82, 2.24) is 34.8 Å². The normalized spacial score (nSPS) is 22.3. The molecule has 232 valence electrons. The summed E-state index contributed by atoms with van der Waals surface area (Å²) >= 11 is 0. The van der Waals surface area contributed by atoms with E-state index in [1.54, 1.807) is 0 Å². The number of nitrogens with zero attached hydrogens (tertiary/aromatic N) is 6. The van der Waals surface area contributed by atoms with E-state index in [9.17, 15) is 4.79 Å². The van der Waals surface area contributed by atoms with Crippen molar-refractivity contribution in [3.05, 3.63) is 77.1 Å². The number of rotatable bonds is 6. The Morgan fingerprint density at radius 3 is 2.55 bits per heavy atom. The summed E-state index contributed by atoms with van der Waals surface area (Å²) in [6.07, 6.45) is 5.56. The van der Waals surface area contributed by atoms with Crippen molar-refractivity contribution in [1.29, 1.82) is 0 Å². The van der Waals surface area contributed by atoms with Crippen LogP contribution in [0.1, 0.15) is 114 Å². The van der Waals surface area contributed by atoms with Crippen LogP contribution >= 0.6 is 0 Å². The summed E-state index contributed by atoms with van der Waals surface area (Å²) in [6.45, 7) is 13.7. The van der Waals surface area contributed by atoms with Crippen LogP contribution in [-0.2, 0) is 11.0 Å². The van der Waals surface area contributed by atoms with Gasteiger partial charge in [0.2, 0.25) is 0 Å². The number of ether oxygens (including phenoxy) is 1. The molecule has 0 radical (unpaired) electrons. The molecule has 10 nitrogen and oxygen atoms in total. The zero-order chi connectivity index (χ0) is 31.2. The molecule has 10 heteroatoms. The first-order chi connectivity index (χ1) is 20.9. The molecule has 6 rings (SSSR count). The summed E-state index contributed by atoms with van der Waals surface area (Å²) in [7, 11) is 2.15. The van der Waals surface area contributed by atoms with Gasteiger partial charge in [-0.2, -0.15) is 0 Å². The maximum atomic E-state index is 13.3. The average molecular weight is 597 g/mol. The van der Waals surface area contributed by atoms with Gasteiger partial charge in [0.05, 0.1) is 23.5 Å². The van der Waals surface area contributed by atoms with E-state index in [1.165, 1.54) is 0 Å². The first kappa shape index (κ1) is 30.0. The second-order valence-electron chi connectivity index (χ2n) is 13.8. The highest BCUT2D eigenvalue weighted by molar-refractivity contribution is 5.88. The van der Waals surface area contributed by atoms with Gasteiger partial charge in [0.25, 0.3) is 0 Å². The van der Waals surface area contributed by atoms with Gasteiger partial charge >= 0.3 is 6.03 Å². The molecule has 1 aromatic carbocycles. The van der Waals surface area contributed by atoms with Gasteiger partial charge in [-0.05, 0) is 69.5 Å². The van der Waals surface area contributed by atoms with E-state index in [0.29, 0.717) is 5.82 Å². The third-order valence-corrected chi connectivity index (χ3v) is 9.15. The summed E-state index contributed by atoms with van der Waals surface area (Å²) in [4.78, 5) is 25.0. The van der Waals surface area contributed by atoms with Gasteiger partial charge in [0.15, 0.2) is 11.5 Å². The van der Waals surface area contributed by atoms with Crippen molar-refractivity contribution in [2.75, 3.05) is 18.9 Å². The molecule has 1 aliphatic carbocycles. The zero-order valence-electron chi connectivity index (χ0n) is 26.9. The number of urea groups is 1. The van der Waals surface area contributed by atoms with Crippen LogP contribution in [0.25, 0.3) is 5.65 Å². The Kier molecular flexibility index (Phi) is 7.82. The van der Waals surface area contributed by atoms with Crippen molar-refractivity contribution in [3.8, 4) is 5.75 Å². The number of fused-ring (bicyclic) bond motifs is 2. The zero-order valence-corrected chi connectivity index (χ0v) is 26.9. The predicted molar refractivity (Wildman–Crippen MR) is 171 cm³/mol. The molecule has 4 heterocycles. The number of hydrogen-bond donors (Lipinski definition) is 2. The van der Waals surface area contributed by atoms with E-state index in [0.717, 1.165) is 72.1 Å². The first-order valence-electron chi connectivity index (χ1n) is 15.7. The Morgan fingerprint density at radius 2 is 1.84 bits per heavy atom. The van der Waals surface area contributed by atoms with Crippen molar-refractivity contribution in [2.24, 2.45) is 0 Å². The summed E-state index contributed by atoms with van der Waals surface area (Å²) in [5.41, 5.74) is 3.52. The molecule has 2 amide bonds. The Hall–Kier alpha value is -4.05. The monoisotopic (exact) mass is 596 g/mol. The van der Waals surface area contributed by atoms with Crippen LogP contribution in [0.2, 0.25) is 0 Å². The minimum Gasteiger partial charge on any atom is -0.484 e.